The van der Waals surface area contributed by atoms with E-state index in [1.807, 2.05) is 44.2 Å². The van der Waals surface area contributed by atoms with Gasteiger partial charge in [-0.1, -0.05) is 39.7 Å². The van der Waals surface area contributed by atoms with E-state index in [1.165, 1.54) is 0 Å². The molecule has 5 nitrogen and oxygen atoms in total. The fourth-order valence-corrected chi connectivity index (χ4v) is 5.09. The second kappa shape index (κ2) is 8.24. The lowest BCUT2D eigenvalue weighted by Crippen LogP contribution is -2.12. The maximum atomic E-state index is 13.1. The number of aryl methyl sites for hydroxylation is 2. The minimum Gasteiger partial charge on any atom is -0.493 e. The lowest BCUT2D eigenvalue weighted by Gasteiger charge is -2.09. The average Bonchev–Trinajstić information content (AvgIpc) is 3.05. The van der Waals surface area contributed by atoms with Crippen LogP contribution in [0, 0.1) is 13.8 Å². The highest BCUT2D eigenvalue weighted by Crippen LogP contribution is 2.39. The van der Waals surface area contributed by atoms with Gasteiger partial charge in [0.1, 0.15) is 10.7 Å². The molecule has 0 amide bonds. The lowest BCUT2D eigenvalue weighted by molar-refractivity contribution is 0.354. The summed E-state index contributed by atoms with van der Waals surface area (Å²) in [6, 6.07) is 11.9. The molecule has 0 bridgehead atoms. The molecule has 0 aliphatic heterocycles. The third kappa shape index (κ3) is 3.75. The van der Waals surface area contributed by atoms with Crippen molar-refractivity contribution in [1.82, 2.24) is 9.97 Å². The molecule has 0 aliphatic carbocycles. The van der Waals surface area contributed by atoms with Crippen molar-refractivity contribution >= 4 is 37.5 Å². The fraction of sp³-hybridized carbons (Fsp3) is 0.217. The van der Waals surface area contributed by atoms with Crippen molar-refractivity contribution in [2.45, 2.75) is 20.3 Å². The topological polar surface area (TPSA) is 64.2 Å². The number of hydrogen-bond donors (Lipinski definition) is 1. The first-order valence-electron chi connectivity index (χ1n) is 9.41. The van der Waals surface area contributed by atoms with Gasteiger partial charge in [-0.25, -0.2) is 4.98 Å². The fourth-order valence-electron chi connectivity index (χ4n) is 3.59. The Morgan fingerprint density at radius 1 is 1.07 bits per heavy atom. The molecule has 2 heterocycles. The van der Waals surface area contributed by atoms with Crippen LogP contribution in [0.4, 0.5) is 0 Å². The monoisotopic (exact) mass is 484 g/mol. The molecule has 0 radical (unpaired) electrons. The molecule has 1 N–H and O–H groups in total. The maximum absolute atomic E-state index is 13.1. The number of hydrogen-bond acceptors (Lipinski definition) is 5. The van der Waals surface area contributed by atoms with Crippen molar-refractivity contribution in [1.29, 1.82) is 0 Å². The second-order valence-corrected chi connectivity index (χ2v) is 9.13. The smallest absolute Gasteiger partial charge is 0.260 e. The Morgan fingerprint density at radius 2 is 1.83 bits per heavy atom. The molecule has 0 unspecified atom stereocenters. The Balaban J connectivity index is 1.79. The van der Waals surface area contributed by atoms with E-state index in [0.29, 0.717) is 29.1 Å². The van der Waals surface area contributed by atoms with E-state index in [0.717, 1.165) is 36.4 Å². The van der Waals surface area contributed by atoms with E-state index < -0.39 is 0 Å². The van der Waals surface area contributed by atoms with E-state index in [1.54, 1.807) is 25.6 Å². The van der Waals surface area contributed by atoms with Crippen LogP contribution in [0.5, 0.6) is 11.5 Å². The Hall–Kier alpha value is -2.64. The van der Waals surface area contributed by atoms with Crippen LogP contribution in [0.15, 0.2) is 45.7 Å². The molecule has 0 fully saturated rings. The van der Waals surface area contributed by atoms with Gasteiger partial charge in [-0.05, 0) is 43.2 Å². The molecule has 0 spiro atoms. The number of nitrogens with one attached hydrogen (secondary N) is 1. The van der Waals surface area contributed by atoms with Gasteiger partial charge in [-0.15, -0.1) is 11.3 Å². The average molecular weight is 485 g/mol. The SMILES string of the molecule is COc1ccc(Cc2nc3sc(C)c(-c4cc(C)ccc4Br)c3c(=O)[nH]2)cc1OC. The third-order valence-electron chi connectivity index (χ3n) is 5.00. The number of benzene rings is 2. The Bertz CT molecular complexity index is 1310. The highest BCUT2D eigenvalue weighted by Gasteiger charge is 2.19. The Kier molecular flexibility index (Phi) is 5.66. The zero-order chi connectivity index (χ0) is 21.4. The van der Waals surface area contributed by atoms with Gasteiger partial charge in [-0.2, -0.15) is 0 Å². The van der Waals surface area contributed by atoms with Crippen LogP contribution >= 0.6 is 27.3 Å². The maximum Gasteiger partial charge on any atom is 0.260 e. The first-order chi connectivity index (χ1) is 14.4. The summed E-state index contributed by atoms with van der Waals surface area (Å²) in [4.78, 5) is 22.6. The van der Waals surface area contributed by atoms with Gasteiger partial charge >= 0.3 is 0 Å². The van der Waals surface area contributed by atoms with Crippen LogP contribution in [0.2, 0.25) is 0 Å². The molecule has 2 aromatic heterocycles. The summed E-state index contributed by atoms with van der Waals surface area (Å²) >= 11 is 5.17. The second-order valence-electron chi connectivity index (χ2n) is 7.08. The number of aromatic nitrogens is 2. The van der Waals surface area contributed by atoms with Crippen molar-refractivity contribution in [3.63, 3.8) is 0 Å². The number of thiophene rings is 1. The van der Waals surface area contributed by atoms with Gasteiger partial charge < -0.3 is 14.5 Å². The minimum absolute atomic E-state index is 0.122. The van der Waals surface area contributed by atoms with Crippen LogP contribution < -0.4 is 15.0 Å². The van der Waals surface area contributed by atoms with E-state index in [2.05, 4.69) is 27.0 Å². The number of rotatable bonds is 5. The number of aromatic amines is 1. The zero-order valence-electron chi connectivity index (χ0n) is 17.1. The van der Waals surface area contributed by atoms with Gasteiger partial charge in [0.25, 0.3) is 5.56 Å². The highest BCUT2D eigenvalue weighted by atomic mass is 79.9. The molecule has 0 aliphatic rings. The van der Waals surface area contributed by atoms with Gasteiger partial charge in [-0.3, -0.25) is 4.79 Å². The van der Waals surface area contributed by atoms with E-state index >= 15 is 0 Å². The number of ether oxygens (including phenoxy) is 2. The molecule has 154 valence electrons. The summed E-state index contributed by atoms with van der Waals surface area (Å²) in [6.45, 7) is 4.08. The Morgan fingerprint density at radius 3 is 2.57 bits per heavy atom. The van der Waals surface area contributed by atoms with Crippen LogP contribution in [-0.2, 0) is 6.42 Å². The summed E-state index contributed by atoms with van der Waals surface area (Å²) in [7, 11) is 3.21. The first kappa shape index (κ1) is 20.6. The summed E-state index contributed by atoms with van der Waals surface area (Å²) in [6.07, 6.45) is 0.492. The predicted molar refractivity (Wildman–Crippen MR) is 125 cm³/mol. The first-order valence-corrected chi connectivity index (χ1v) is 11.0. The normalized spacial score (nSPS) is 11.1. The van der Waals surface area contributed by atoms with Gasteiger partial charge in [0.15, 0.2) is 11.5 Å². The van der Waals surface area contributed by atoms with E-state index in [4.69, 9.17) is 14.5 Å². The van der Waals surface area contributed by atoms with Crippen molar-refractivity contribution in [3.05, 3.63) is 73.1 Å². The Labute approximate surface area is 186 Å². The third-order valence-corrected chi connectivity index (χ3v) is 6.69. The van der Waals surface area contributed by atoms with Crippen molar-refractivity contribution < 1.29 is 9.47 Å². The molecule has 0 saturated carbocycles. The minimum atomic E-state index is -0.122. The van der Waals surface area contributed by atoms with Crippen LogP contribution in [-0.4, -0.2) is 24.2 Å². The molecule has 4 aromatic rings. The van der Waals surface area contributed by atoms with Crippen LogP contribution in [0.25, 0.3) is 21.3 Å². The molecule has 0 saturated heterocycles. The predicted octanol–water partition coefficient (Wildman–Crippen LogP) is 5.64. The highest BCUT2D eigenvalue weighted by molar-refractivity contribution is 9.10. The van der Waals surface area contributed by atoms with Crippen molar-refractivity contribution in [3.8, 4) is 22.6 Å². The van der Waals surface area contributed by atoms with Gasteiger partial charge in [0.05, 0.1) is 19.6 Å². The molecule has 4 rings (SSSR count). The standard InChI is InChI=1S/C23H21BrN2O3S/c1-12-5-7-16(24)15(9-12)20-13(2)30-23-21(20)22(27)25-19(26-23)11-14-6-8-17(28-3)18(10-14)29-4/h5-10H,11H2,1-4H3,(H,25,26,27). The summed E-state index contributed by atoms with van der Waals surface area (Å²) in [5.41, 5.74) is 3.95. The van der Waals surface area contributed by atoms with E-state index in [9.17, 15) is 4.79 Å². The number of halogens is 1. The number of nitrogens with zero attached hydrogens (tertiary/aromatic N) is 1. The van der Waals surface area contributed by atoms with Gasteiger partial charge in [0.2, 0.25) is 0 Å². The van der Waals surface area contributed by atoms with Crippen molar-refractivity contribution in [2.75, 3.05) is 14.2 Å². The molecule has 7 heteroatoms. The molecule has 2 aromatic carbocycles. The summed E-state index contributed by atoms with van der Waals surface area (Å²) < 4.78 is 11.6. The lowest BCUT2D eigenvalue weighted by atomic mass is 10.0. The molecular weight excluding hydrogens is 464 g/mol. The van der Waals surface area contributed by atoms with Crippen molar-refractivity contribution in [2.24, 2.45) is 0 Å². The molecule has 0 atom stereocenters. The van der Waals surface area contributed by atoms with Gasteiger partial charge in [0, 0.05) is 21.3 Å². The largest absolute Gasteiger partial charge is 0.493 e. The number of fused-ring (bicyclic) bond motifs is 1. The van der Waals surface area contributed by atoms with Crippen LogP contribution in [0.1, 0.15) is 21.8 Å². The molecular formula is C23H21BrN2O3S. The molecule has 30 heavy (non-hydrogen) atoms. The summed E-state index contributed by atoms with van der Waals surface area (Å²) in [5.74, 6) is 1.94. The summed E-state index contributed by atoms with van der Waals surface area (Å²) in [5, 5.41) is 0.639. The number of methoxy groups -OCH3 is 2. The van der Waals surface area contributed by atoms with Crippen LogP contribution in [0.3, 0.4) is 0 Å². The van der Waals surface area contributed by atoms with E-state index in [-0.39, 0.29) is 5.56 Å². The zero-order valence-corrected chi connectivity index (χ0v) is 19.5. The number of H-pyrrole nitrogens is 1. The quantitative estimate of drug-likeness (QED) is 0.398.